The third-order valence-corrected chi connectivity index (χ3v) is 7.68. The lowest BCUT2D eigenvalue weighted by molar-refractivity contribution is -0.115. The number of carbonyl (C=O) groups excluding carboxylic acids is 2. The summed E-state index contributed by atoms with van der Waals surface area (Å²) in [5.74, 6) is 0.258. The Labute approximate surface area is 192 Å². The van der Waals surface area contributed by atoms with Gasteiger partial charge >= 0.3 is 0 Å². The van der Waals surface area contributed by atoms with Crippen molar-refractivity contribution in [2.24, 2.45) is 0 Å². The van der Waals surface area contributed by atoms with Crippen molar-refractivity contribution in [3.63, 3.8) is 0 Å². The van der Waals surface area contributed by atoms with E-state index in [4.69, 9.17) is 0 Å². The van der Waals surface area contributed by atoms with Crippen LogP contribution in [-0.2, 0) is 17.6 Å². The summed E-state index contributed by atoms with van der Waals surface area (Å²) >= 11 is 4.32. The minimum absolute atomic E-state index is 0.0771. The van der Waals surface area contributed by atoms with Crippen LogP contribution in [0.25, 0.3) is 10.2 Å². The second-order valence-corrected chi connectivity index (χ2v) is 10.2. The zero-order valence-electron chi connectivity index (χ0n) is 17.2. The highest BCUT2D eigenvalue weighted by molar-refractivity contribution is 8.01. The minimum atomic E-state index is -0.148. The highest BCUT2D eigenvalue weighted by atomic mass is 32.2. The van der Waals surface area contributed by atoms with Crippen molar-refractivity contribution >= 4 is 61.5 Å². The number of hydrogen-bond acceptors (Lipinski definition) is 7. The number of thioether (sulfide) groups is 1. The first-order valence-corrected chi connectivity index (χ1v) is 12.5. The monoisotopic (exact) mass is 467 g/mol. The van der Waals surface area contributed by atoms with Crippen LogP contribution < -0.4 is 5.32 Å². The van der Waals surface area contributed by atoms with Crippen LogP contribution in [-0.4, -0.2) is 27.4 Å². The van der Waals surface area contributed by atoms with E-state index >= 15 is 0 Å². The number of aryl methyl sites for hydroxylation is 2. The van der Waals surface area contributed by atoms with Crippen molar-refractivity contribution in [3.05, 3.63) is 70.2 Å². The molecule has 0 spiro atoms. The van der Waals surface area contributed by atoms with Crippen molar-refractivity contribution in [3.8, 4) is 0 Å². The Morgan fingerprint density at radius 2 is 1.90 bits per heavy atom. The average molecular weight is 468 g/mol. The summed E-state index contributed by atoms with van der Waals surface area (Å²) in [6, 6.07) is 13.8. The lowest BCUT2D eigenvalue weighted by atomic mass is 10.1. The van der Waals surface area contributed by atoms with E-state index in [1.54, 1.807) is 0 Å². The second kappa shape index (κ2) is 9.72. The number of hydrogen-bond donors (Lipinski definition) is 1. The maximum atomic E-state index is 12.4. The van der Waals surface area contributed by atoms with Crippen molar-refractivity contribution in [2.75, 3.05) is 11.1 Å². The number of thiazole rings is 2. The number of rotatable bonds is 8. The molecule has 1 N–H and O–H groups in total. The molecule has 2 aromatic heterocycles. The van der Waals surface area contributed by atoms with E-state index in [0.29, 0.717) is 22.1 Å². The van der Waals surface area contributed by atoms with Gasteiger partial charge in [0.2, 0.25) is 5.91 Å². The SMILES string of the molecule is CCc1ccc(C(=O)CSc2nc(CC(=O)Nc3nc4ccc(C)cc4s3)cs2)cc1. The Morgan fingerprint density at radius 1 is 1.10 bits per heavy atom. The van der Waals surface area contributed by atoms with Crippen molar-refractivity contribution in [1.82, 2.24) is 9.97 Å². The summed E-state index contributed by atoms with van der Waals surface area (Å²) in [7, 11) is 0. The number of fused-ring (bicyclic) bond motifs is 1. The molecular weight excluding hydrogens is 446 g/mol. The topological polar surface area (TPSA) is 72.0 Å². The molecule has 0 fully saturated rings. The quantitative estimate of drug-likeness (QED) is 0.263. The molecule has 158 valence electrons. The molecule has 5 nitrogen and oxygen atoms in total. The van der Waals surface area contributed by atoms with Gasteiger partial charge in [-0.2, -0.15) is 0 Å². The minimum Gasteiger partial charge on any atom is -0.302 e. The number of carbonyl (C=O) groups is 2. The van der Waals surface area contributed by atoms with Crippen LogP contribution in [0.3, 0.4) is 0 Å². The van der Waals surface area contributed by atoms with Gasteiger partial charge in [-0.3, -0.25) is 9.59 Å². The van der Waals surface area contributed by atoms with E-state index in [1.807, 2.05) is 48.7 Å². The number of anilines is 1. The van der Waals surface area contributed by atoms with E-state index in [2.05, 4.69) is 28.3 Å². The molecule has 0 unspecified atom stereocenters. The Balaban J connectivity index is 1.30. The number of nitrogens with one attached hydrogen (secondary N) is 1. The highest BCUT2D eigenvalue weighted by Crippen LogP contribution is 2.27. The van der Waals surface area contributed by atoms with Gasteiger partial charge in [-0.25, -0.2) is 9.97 Å². The standard InChI is InChI=1S/C23H21N3O2S3/c1-3-15-5-7-16(8-6-15)19(27)13-30-23-24-17(12-29-23)11-21(28)26-22-25-18-9-4-14(2)10-20(18)31-22/h4-10,12H,3,11,13H2,1-2H3,(H,25,26,28). The molecule has 4 aromatic rings. The maximum absolute atomic E-state index is 12.4. The first kappa shape index (κ1) is 21.7. The Bertz CT molecular complexity index is 1230. The Morgan fingerprint density at radius 3 is 2.68 bits per heavy atom. The lowest BCUT2D eigenvalue weighted by Crippen LogP contribution is -2.14. The van der Waals surface area contributed by atoms with E-state index < -0.39 is 0 Å². The van der Waals surface area contributed by atoms with Crippen molar-refractivity contribution in [2.45, 2.75) is 31.0 Å². The first-order chi connectivity index (χ1) is 15.0. The second-order valence-electron chi connectivity index (χ2n) is 7.08. The molecule has 0 aliphatic rings. The van der Waals surface area contributed by atoms with Crippen LogP contribution in [0.5, 0.6) is 0 Å². The molecule has 0 saturated carbocycles. The van der Waals surface area contributed by atoms with E-state index in [9.17, 15) is 9.59 Å². The molecule has 0 atom stereocenters. The fraction of sp³-hybridized carbons (Fsp3) is 0.217. The van der Waals surface area contributed by atoms with Crippen LogP contribution >= 0.6 is 34.4 Å². The summed E-state index contributed by atoms with van der Waals surface area (Å²) in [5, 5.41) is 5.32. The molecule has 0 radical (unpaired) electrons. The van der Waals surface area contributed by atoms with Gasteiger partial charge in [0.15, 0.2) is 15.3 Å². The lowest BCUT2D eigenvalue weighted by Gasteiger charge is -2.01. The summed E-state index contributed by atoms with van der Waals surface area (Å²) in [6.07, 6.45) is 1.13. The zero-order valence-corrected chi connectivity index (χ0v) is 19.6. The number of Topliss-reactive ketones (excluding diaryl/α,β-unsaturated/α-hetero) is 1. The summed E-state index contributed by atoms with van der Waals surface area (Å²) < 4.78 is 1.84. The predicted molar refractivity (Wildman–Crippen MR) is 130 cm³/mol. The van der Waals surface area contributed by atoms with Crippen molar-refractivity contribution < 1.29 is 9.59 Å². The van der Waals surface area contributed by atoms with E-state index in [1.165, 1.54) is 40.0 Å². The fourth-order valence-electron chi connectivity index (χ4n) is 2.99. The highest BCUT2D eigenvalue weighted by Gasteiger charge is 2.13. The van der Waals surface area contributed by atoms with Gasteiger partial charge in [0.25, 0.3) is 0 Å². The largest absolute Gasteiger partial charge is 0.302 e. The van der Waals surface area contributed by atoms with Gasteiger partial charge < -0.3 is 5.32 Å². The van der Waals surface area contributed by atoms with Crippen LogP contribution in [0.15, 0.2) is 52.2 Å². The van der Waals surface area contributed by atoms with Crippen molar-refractivity contribution in [1.29, 1.82) is 0 Å². The molecule has 0 aliphatic heterocycles. The number of benzene rings is 2. The molecule has 2 aromatic carbocycles. The molecule has 1 amide bonds. The summed E-state index contributed by atoms with van der Waals surface area (Å²) in [5.41, 5.74) is 4.67. The molecule has 0 saturated heterocycles. The molecule has 31 heavy (non-hydrogen) atoms. The van der Waals surface area contributed by atoms with Gasteiger partial charge in [0.05, 0.1) is 28.1 Å². The van der Waals surface area contributed by atoms with Gasteiger partial charge in [-0.15, -0.1) is 11.3 Å². The van der Waals surface area contributed by atoms with Crippen LogP contribution in [0.2, 0.25) is 0 Å². The molecule has 2 heterocycles. The normalized spacial score (nSPS) is 11.0. The van der Waals surface area contributed by atoms with E-state index in [-0.39, 0.29) is 18.1 Å². The molecule has 0 bridgehead atoms. The molecule has 8 heteroatoms. The third kappa shape index (κ3) is 5.58. The van der Waals surface area contributed by atoms with Crippen LogP contribution in [0, 0.1) is 6.92 Å². The first-order valence-electron chi connectivity index (χ1n) is 9.86. The van der Waals surface area contributed by atoms with E-state index in [0.717, 1.165) is 26.5 Å². The molecule has 4 rings (SSSR count). The third-order valence-electron chi connectivity index (χ3n) is 4.67. The fourth-order valence-corrected chi connectivity index (χ4v) is 5.71. The predicted octanol–water partition coefficient (Wildman–Crippen LogP) is 5.78. The average Bonchev–Trinajstić information content (AvgIpc) is 3.37. The Kier molecular flexibility index (Phi) is 6.80. The molecular formula is C23H21N3O2S3. The Hall–Kier alpha value is -2.55. The van der Waals surface area contributed by atoms with Gasteiger partial charge in [-0.05, 0) is 36.6 Å². The van der Waals surface area contributed by atoms with Gasteiger partial charge in [0.1, 0.15) is 0 Å². The summed E-state index contributed by atoms with van der Waals surface area (Å²) in [6.45, 7) is 4.12. The number of ketones is 1. The van der Waals surface area contributed by atoms with Gasteiger partial charge in [0, 0.05) is 10.9 Å². The smallest absolute Gasteiger partial charge is 0.232 e. The van der Waals surface area contributed by atoms with Gasteiger partial charge in [-0.1, -0.05) is 60.4 Å². The van der Waals surface area contributed by atoms with Crippen LogP contribution in [0.4, 0.5) is 5.13 Å². The molecule has 0 aliphatic carbocycles. The number of amides is 1. The van der Waals surface area contributed by atoms with Crippen LogP contribution in [0.1, 0.15) is 34.1 Å². The number of aromatic nitrogens is 2. The zero-order chi connectivity index (χ0) is 21.8. The number of nitrogens with zero attached hydrogens (tertiary/aromatic N) is 2. The maximum Gasteiger partial charge on any atom is 0.232 e. The summed E-state index contributed by atoms with van der Waals surface area (Å²) in [4.78, 5) is 33.7.